The number of rotatable bonds is 8. The van der Waals surface area contributed by atoms with Gasteiger partial charge in [0.25, 0.3) is 0 Å². The van der Waals surface area contributed by atoms with E-state index in [4.69, 9.17) is 4.74 Å². The molecule has 0 bridgehead atoms. The zero-order chi connectivity index (χ0) is 16.8. The number of halogens is 6. The van der Waals surface area contributed by atoms with Crippen LogP contribution in [0.5, 0.6) is 0 Å². The number of amides is 1. The Morgan fingerprint density at radius 3 is 2.32 bits per heavy atom. The van der Waals surface area contributed by atoms with Crippen molar-refractivity contribution in [3.05, 3.63) is 0 Å². The molecule has 1 rings (SSSR count). The minimum atomic E-state index is -5.44. The van der Waals surface area contributed by atoms with Crippen LogP contribution >= 0.6 is 0 Å². The van der Waals surface area contributed by atoms with Gasteiger partial charge in [0.05, 0.1) is 13.2 Å². The lowest BCUT2D eigenvalue weighted by atomic mass is 10.1. The fourth-order valence-corrected chi connectivity index (χ4v) is 1.86. The van der Waals surface area contributed by atoms with Crippen molar-refractivity contribution in [1.29, 1.82) is 0 Å². The molecule has 1 amide bonds. The number of morpholine rings is 1. The quantitative estimate of drug-likeness (QED) is 0.687. The molecule has 0 atom stereocenters. The Labute approximate surface area is 123 Å². The average Bonchev–Trinajstić information content (AvgIpc) is 2.46. The number of carbonyl (C=O) groups excluding carboxylic acids is 1. The smallest absolute Gasteiger partial charge is 0.369 e. The normalized spacial score (nSPS) is 17.8. The van der Waals surface area contributed by atoms with E-state index in [0.717, 1.165) is 0 Å². The second-order valence-electron chi connectivity index (χ2n) is 4.93. The van der Waals surface area contributed by atoms with Crippen molar-refractivity contribution in [1.82, 2.24) is 10.2 Å². The highest BCUT2D eigenvalue weighted by atomic mass is 19.3. The largest absolute Gasteiger partial charge is 0.379 e. The Hall–Kier alpha value is -1.03. The van der Waals surface area contributed by atoms with Crippen molar-refractivity contribution in [2.24, 2.45) is 0 Å². The molecule has 22 heavy (non-hydrogen) atoms. The summed E-state index contributed by atoms with van der Waals surface area (Å²) < 4.78 is 80.1. The number of nitrogens with zero attached hydrogens (tertiary/aromatic N) is 1. The minimum absolute atomic E-state index is 0.162. The number of hydrogen-bond acceptors (Lipinski definition) is 3. The molecule has 0 aromatic heterocycles. The lowest BCUT2D eigenvalue weighted by Gasteiger charge is -2.27. The van der Waals surface area contributed by atoms with Gasteiger partial charge < -0.3 is 10.1 Å². The molecule has 0 spiro atoms. The Bertz CT molecular complexity index is 362. The maximum Gasteiger partial charge on any atom is 0.369 e. The summed E-state index contributed by atoms with van der Waals surface area (Å²) in [6.07, 6.45) is -7.06. The fraction of sp³-hybridized carbons (Fsp3) is 0.917. The first-order chi connectivity index (χ1) is 10.2. The number of ether oxygens (including phenoxy) is 1. The number of carbonyl (C=O) groups is 1. The van der Waals surface area contributed by atoms with Gasteiger partial charge in [0.15, 0.2) is 0 Å². The topological polar surface area (TPSA) is 41.6 Å². The van der Waals surface area contributed by atoms with Crippen LogP contribution < -0.4 is 5.32 Å². The lowest BCUT2D eigenvalue weighted by Crippen LogP contribution is -2.47. The van der Waals surface area contributed by atoms with Gasteiger partial charge in [-0.25, -0.2) is 8.78 Å². The third-order valence-corrected chi connectivity index (χ3v) is 3.28. The van der Waals surface area contributed by atoms with Crippen molar-refractivity contribution >= 4 is 5.91 Å². The van der Waals surface area contributed by atoms with Crippen LogP contribution in [0.4, 0.5) is 26.3 Å². The van der Waals surface area contributed by atoms with Crippen LogP contribution in [0, 0.1) is 0 Å². The Kier molecular flexibility index (Phi) is 6.92. The Morgan fingerprint density at radius 2 is 1.77 bits per heavy atom. The van der Waals surface area contributed by atoms with Gasteiger partial charge in [-0.2, -0.15) is 17.6 Å². The number of nitrogens with one attached hydrogen (secondary N) is 1. The third kappa shape index (κ3) is 5.31. The molecule has 10 heteroatoms. The van der Waals surface area contributed by atoms with E-state index in [0.29, 0.717) is 32.8 Å². The summed E-state index contributed by atoms with van der Waals surface area (Å²) in [5.41, 5.74) is 0. The van der Waals surface area contributed by atoms with Gasteiger partial charge in [-0.3, -0.25) is 9.69 Å². The van der Waals surface area contributed by atoms with Crippen molar-refractivity contribution < 1.29 is 35.9 Å². The van der Waals surface area contributed by atoms with Crippen LogP contribution in [0.25, 0.3) is 0 Å². The zero-order valence-corrected chi connectivity index (χ0v) is 11.8. The summed E-state index contributed by atoms with van der Waals surface area (Å²) in [6, 6.07) is 0. The molecule has 1 aliphatic heterocycles. The zero-order valence-electron chi connectivity index (χ0n) is 11.8. The van der Waals surface area contributed by atoms with Crippen LogP contribution in [-0.2, 0) is 9.53 Å². The van der Waals surface area contributed by atoms with E-state index in [2.05, 4.69) is 5.32 Å². The summed E-state index contributed by atoms with van der Waals surface area (Å²) in [5.74, 6) is -11.2. The van der Waals surface area contributed by atoms with Crippen LogP contribution in [0.3, 0.4) is 0 Å². The van der Waals surface area contributed by atoms with E-state index in [1.54, 1.807) is 0 Å². The van der Waals surface area contributed by atoms with E-state index < -0.39 is 37.0 Å². The van der Waals surface area contributed by atoms with Crippen molar-refractivity contribution in [3.8, 4) is 0 Å². The molecule has 0 radical (unpaired) electrons. The molecule has 4 nitrogen and oxygen atoms in total. The highest BCUT2D eigenvalue weighted by molar-refractivity contribution is 5.75. The molecular formula is C12H18F6N2O2. The second kappa shape index (κ2) is 8.00. The van der Waals surface area contributed by atoms with Crippen LogP contribution in [0.15, 0.2) is 0 Å². The molecule has 1 heterocycles. The van der Waals surface area contributed by atoms with Gasteiger partial charge >= 0.3 is 18.3 Å². The summed E-state index contributed by atoms with van der Waals surface area (Å²) in [4.78, 5) is 13.3. The monoisotopic (exact) mass is 336 g/mol. The molecule has 1 saturated heterocycles. The Balaban J connectivity index is 2.27. The predicted octanol–water partition coefficient (Wildman–Crippen LogP) is 1.75. The van der Waals surface area contributed by atoms with Crippen molar-refractivity contribution in [2.45, 2.75) is 31.1 Å². The molecule has 0 aliphatic carbocycles. The predicted molar refractivity (Wildman–Crippen MR) is 65.4 cm³/mol. The SMILES string of the molecule is O=C(CCC(F)(F)C(F)(F)C(F)F)NCCN1CCOCC1. The van der Waals surface area contributed by atoms with E-state index in [-0.39, 0.29) is 6.54 Å². The molecular weight excluding hydrogens is 318 g/mol. The van der Waals surface area contributed by atoms with Gasteiger partial charge in [-0.1, -0.05) is 0 Å². The van der Waals surface area contributed by atoms with Gasteiger partial charge in [0.1, 0.15) is 0 Å². The highest BCUT2D eigenvalue weighted by Gasteiger charge is 2.62. The maximum absolute atomic E-state index is 13.0. The van der Waals surface area contributed by atoms with Gasteiger partial charge in [0, 0.05) is 39.0 Å². The van der Waals surface area contributed by atoms with E-state index >= 15 is 0 Å². The molecule has 1 aliphatic rings. The first-order valence-electron chi connectivity index (χ1n) is 6.77. The summed E-state index contributed by atoms with van der Waals surface area (Å²) in [5, 5.41) is 2.30. The second-order valence-corrected chi connectivity index (χ2v) is 4.93. The molecule has 0 aromatic rings. The van der Waals surface area contributed by atoms with E-state index in [9.17, 15) is 31.1 Å². The van der Waals surface area contributed by atoms with Gasteiger partial charge in [0.2, 0.25) is 5.91 Å². The van der Waals surface area contributed by atoms with Gasteiger partial charge in [-0.05, 0) is 0 Å². The van der Waals surface area contributed by atoms with E-state index in [1.165, 1.54) is 0 Å². The minimum Gasteiger partial charge on any atom is -0.379 e. The van der Waals surface area contributed by atoms with Crippen LogP contribution in [0.1, 0.15) is 12.8 Å². The number of alkyl halides is 6. The third-order valence-electron chi connectivity index (χ3n) is 3.28. The molecule has 0 saturated carbocycles. The van der Waals surface area contributed by atoms with Gasteiger partial charge in [-0.15, -0.1) is 0 Å². The van der Waals surface area contributed by atoms with E-state index in [1.807, 2.05) is 4.90 Å². The van der Waals surface area contributed by atoms with Crippen molar-refractivity contribution in [2.75, 3.05) is 39.4 Å². The fourth-order valence-electron chi connectivity index (χ4n) is 1.86. The van der Waals surface area contributed by atoms with Crippen molar-refractivity contribution in [3.63, 3.8) is 0 Å². The molecule has 1 N–H and O–H groups in total. The maximum atomic E-state index is 13.0. The van der Waals surface area contributed by atoms with Crippen LogP contribution in [0.2, 0.25) is 0 Å². The lowest BCUT2D eigenvalue weighted by molar-refractivity contribution is -0.265. The first kappa shape index (κ1) is 19.0. The molecule has 1 fully saturated rings. The molecule has 0 aromatic carbocycles. The number of hydrogen-bond donors (Lipinski definition) is 1. The molecule has 130 valence electrons. The Morgan fingerprint density at radius 1 is 1.18 bits per heavy atom. The average molecular weight is 336 g/mol. The summed E-state index contributed by atoms with van der Waals surface area (Å²) in [6.45, 7) is 3.10. The van der Waals surface area contributed by atoms with Crippen LogP contribution in [-0.4, -0.2) is 68.5 Å². The summed E-state index contributed by atoms with van der Waals surface area (Å²) in [7, 11) is 0. The molecule has 0 unspecified atom stereocenters. The first-order valence-corrected chi connectivity index (χ1v) is 6.77. The highest BCUT2D eigenvalue weighted by Crippen LogP contribution is 2.41. The standard InChI is InChI=1S/C12H18F6N2O2/c13-10(14)12(17,18)11(15,16)2-1-9(21)19-3-4-20-5-7-22-8-6-20/h10H,1-8H2,(H,19,21). The summed E-state index contributed by atoms with van der Waals surface area (Å²) >= 11 is 0.